The van der Waals surface area contributed by atoms with Gasteiger partial charge < -0.3 is 10.6 Å². The first kappa shape index (κ1) is 15.7. The fourth-order valence-electron chi connectivity index (χ4n) is 1.82. The van der Waals surface area contributed by atoms with Crippen molar-refractivity contribution in [3.05, 3.63) is 58.3 Å². The molecule has 0 unspecified atom stereocenters. The molecule has 21 heavy (non-hydrogen) atoms. The van der Waals surface area contributed by atoms with E-state index in [1.807, 2.05) is 43.3 Å². The van der Waals surface area contributed by atoms with E-state index < -0.39 is 0 Å². The lowest BCUT2D eigenvalue weighted by molar-refractivity contribution is -0.116. The van der Waals surface area contributed by atoms with Gasteiger partial charge in [-0.15, -0.1) is 0 Å². The summed E-state index contributed by atoms with van der Waals surface area (Å²) < 4.78 is 0.994. The number of carbonyl (C=O) groups is 1. The van der Waals surface area contributed by atoms with E-state index in [1.54, 1.807) is 6.20 Å². The Morgan fingerprint density at radius 3 is 2.86 bits per heavy atom. The van der Waals surface area contributed by atoms with E-state index in [2.05, 4.69) is 31.5 Å². The van der Waals surface area contributed by atoms with Crippen LogP contribution < -0.4 is 10.6 Å². The van der Waals surface area contributed by atoms with E-state index in [0.717, 1.165) is 21.4 Å². The van der Waals surface area contributed by atoms with Crippen LogP contribution >= 0.6 is 15.9 Å². The summed E-state index contributed by atoms with van der Waals surface area (Å²) in [7, 11) is 0. The maximum atomic E-state index is 11.8. The average molecular weight is 348 g/mol. The summed E-state index contributed by atoms with van der Waals surface area (Å²) in [6, 6.07) is 11.6. The molecule has 2 N–H and O–H groups in total. The Balaban J connectivity index is 1.71. The van der Waals surface area contributed by atoms with E-state index >= 15 is 0 Å². The molecule has 1 aromatic carbocycles. The van der Waals surface area contributed by atoms with Gasteiger partial charge in [0.1, 0.15) is 0 Å². The molecule has 1 heterocycles. The quantitative estimate of drug-likeness (QED) is 0.788. The number of benzene rings is 1. The minimum absolute atomic E-state index is 0.000672. The van der Waals surface area contributed by atoms with Gasteiger partial charge >= 0.3 is 0 Å². The van der Waals surface area contributed by atoms with Crippen LogP contribution in [-0.2, 0) is 11.3 Å². The summed E-state index contributed by atoms with van der Waals surface area (Å²) in [5.41, 5.74) is 2.92. The zero-order chi connectivity index (χ0) is 15.1. The summed E-state index contributed by atoms with van der Waals surface area (Å²) in [6.07, 6.45) is 2.19. The number of carbonyl (C=O) groups excluding carboxylic acids is 1. The number of anilines is 1. The van der Waals surface area contributed by atoms with E-state index in [4.69, 9.17) is 0 Å². The van der Waals surface area contributed by atoms with Gasteiger partial charge in [-0.2, -0.15) is 0 Å². The number of aryl methyl sites for hydroxylation is 1. The molecule has 0 saturated carbocycles. The summed E-state index contributed by atoms with van der Waals surface area (Å²) in [5.74, 6) is -0.000672. The maximum Gasteiger partial charge on any atom is 0.225 e. The number of rotatable bonds is 6. The molecule has 110 valence electrons. The zero-order valence-electron chi connectivity index (χ0n) is 11.9. The number of nitrogens with zero attached hydrogens (tertiary/aromatic N) is 1. The van der Waals surface area contributed by atoms with Gasteiger partial charge in [0.2, 0.25) is 5.91 Å². The lowest BCUT2D eigenvalue weighted by Crippen LogP contribution is -2.21. The van der Waals surface area contributed by atoms with Crippen LogP contribution in [0.2, 0.25) is 0 Å². The van der Waals surface area contributed by atoms with Gasteiger partial charge in [-0.25, -0.2) is 0 Å². The normalized spacial score (nSPS) is 10.4. The Hall–Kier alpha value is -1.72. The highest BCUT2D eigenvalue weighted by Gasteiger charge is 2.03. The summed E-state index contributed by atoms with van der Waals surface area (Å²) >= 11 is 3.46. The molecule has 0 fully saturated rings. The predicted octanol–water partition coefficient (Wildman–Crippen LogP) is 3.27. The fraction of sp³-hybridized carbons (Fsp3) is 0.250. The van der Waals surface area contributed by atoms with Crippen molar-refractivity contribution in [1.82, 2.24) is 10.3 Å². The van der Waals surface area contributed by atoms with Crippen LogP contribution in [0.5, 0.6) is 0 Å². The van der Waals surface area contributed by atoms with Crippen molar-refractivity contribution in [2.24, 2.45) is 0 Å². The number of hydrogen-bond donors (Lipinski definition) is 2. The first-order valence-electron chi connectivity index (χ1n) is 6.82. The van der Waals surface area contributed by atoms with E-state index in [0.29, 0.717) is 19.5 Å². The molecule has 5 heteroatoms. The van der Waals surface area contributed by atoms with Gasteiger partial charge in [0.25, 0.3) is 0 Å². The third-order valence-electron chi connectivity index (χ3n) is 3.02. The number of nitrogens with one attached hydrogen (secondary N) is 2. The van der Waals surface area contributed by atoms with Crippen molar-refractivity contribution in [2.75, 3.05) is 11.9 Å². The fourth-order valence-corrected chi connectivity index (χ4v) is 2.19. The number of amides is 1. The Labute approximate surface area is 133 Å². The molecule has 0 spiro atoms. The predicted molar refractivity (Wildman–Crippen MR) is 88.1 cm³/mol. The molecule has 0 aliphatic heterocycles. The molecule has 2 rings (SSSR count). The Kier molecular flexibility index (Phi) is 5.90. The highest BCUT2D eigenvalue weighted by atomic mass is 79.9. The van der Waals surface area contributed by atoms with Crippen LogP contribution in [0.25, 0.3) is 0 Å². The van der Waals surface area contributed by atoms with Crippen LogP contribution in [0, 0.1) is 6.92 Å². The minimum atomic E-state index is -0.000672. The second-order valence-electron chi connectivity index (χ2n) is 4.76. The summed E-state index contributed by atoms with van der Waals surface area (Å²) in [5, 5.41) is 6.09. The smallest absolute Gasteiger partial charge is 0.225 e. The van der Waals surface area contributed by atoms with Crippen molar-refractivity contribution in [3.63, 3.8) is 0 Å². The van der Waals surface area contributed by atoms with Gasteiger partial charge in [-0.1, -0.05) is 28.1 Å². The molecule has 4 nitrogen and oxygen atoms in total. The molecule has 2 aromatic rings. The highest BCUT2D eigenvalue weighted by Crippen LogP contribution is 2.20. The van der Waals surface area contributed by atoms with Crippen LogP contribution in [-0.4, -0.2) is 17.4 Å². The molecule has 0 aliphatic carbocycles. The number of halogens is 1. The number of hydrogen-bond acceptors (Lipinski definition) is 3. The van der Waals surface area contributed by atoms with Crippen LogP contribution in [0.15, 0.2) is 47.1 Å². The van der Waals surface area contributed by atoms with Crippen molar-refractivity contribution in [1.29, 1.82) is 0 Å². The number of aromatic nitrogens is 1. The molecule has 1 amide bonds. The van der Waals surface area contributed by atoms with Gasteiger partial charge in [0.15, 0.2) is 0 Å². The standard InChI is InChI=1S/C16H18BrN3O/c1-12-5-6-13(10-15(12)17)20-16(21)7-9-18-11-14-4-2-3-8-19-14/h2-6,8,10,18H,7,9,11H2,1H3,(H,20,21). The molecule has 0 aliphatic rings. The highest BCUT2D eigenvalue weighted by molar-refractivity contribution is 9.10. The van der Waals surface area contributed by atoms with Crippen molar-refractivity contribution >= 4 is 27.5 Å². The second-order valence-corrected chi connectivity index (χ2v) is 5.61. The van der Waals surface area contributed by atoms with Gasteiger partial charge in [0.05, 0.1) is 5.69 Å². The van der Waals surface area contributed by atoms with Crippen molar-refractivity contribution in [2.45, 2.75) is 19.9 Å². The lowest BCUT2D eigenvalue weighted by Gasteiger charge is -2.08. The van der Waals surface area contributed by atoms with Crippen LogP contribution in [0.4, 0.5) is 5.69 Å². The van der Waals surface area contributed by atoms with Gasteiger partial charge in [-0.3, -0.25) is 9.78 Å². The third kappa shape index (κ3) is 5.28. The van der Waals surface area contributed by atoms with Gasteiger partial charge in [-0.05, 0) is 36.8 Å². The van der Waals surface area contributed by atoms with Crippen molar-refractivity contribution < 1.29 is 4.79 Å². The molecule has 0 atom stereocenters. The van der Waals surface area contributed by atoms with Gasteiger partial charge in [0, 0.05) is 35.9 Å². The first-order chi connectivity index (χ1) is 10.1. The molecular formula is C16H18BrN3O. The molecule has 0 saturated heterocycles. The van der Waals surface area contributed by atoms with Crippen LogP contribution in [0.3, 0.4) is 0 Å². The lowest BCUT2D eigenvalue weighted by atomic mass is 10.2. The van der Waals surface area contributed by atoms with Crippen LogP contribution in [0.1, 0.15) is 17.7 Å². The zero-order valence-corrected chi connectivity index (χ0v) is 13.5. The summed E-state index contributed by atoms with van der Waals surface area (Å²) in [4.78, 5) is 16.1. The maximum absolute atomic E-state index is 11.8. The third-order valence-corrected chi connectivity index (χ3v) is 3.87. The monoisotopic (exact) mass is 347 g/mol. The largest absolute Gasteiger partial charge is 0.326 e. The first-order valence-corrected chi connectivity index (χ1v) is 7.61. The Morgan fingerprint density at radius 2 is 2.14 bits per heavy atom. The van der Waals surface area contributed by atoms with E-state index in [9.17, 15) is 4.79 Å². The molecule has 0 radical (unpaired) electrons. The second kappa shape index (κ2) is 7.90. The molecule has 0 bridgehead atoms. The SMILES string of the molecule is Cc1ccc(NC(=O)CCNCc2ccccn2)cc1Br. The molecular weight excluding hydrogens is 330 g/mol. The topological polar surface area (TPSA) is 54.0 Å². The average Bonchev–Trinajstić information content (AvgIpc) is 2.49. The number of pyridine rings is 1. The van der Waals surface area contributed by atoms with Crippen molar-refractivity contribution in [3.8, 4) is 0 Å². The minimum Gasteiger partial charge on any atom is -0.326 e. The molecule has 1 aromatic heterocycles. The van der Waals surface area contributed by atoms with E-state index in [1.165, 1.54) is 0 Å². The Morgan fingerprint density at radius 1 is 1.29 bits per heavy atom. The Bertz CT molecular complexity index is 602. The summed E-state index contributed by atoms with van der Waals surface area (Å²) in [6.45, 7) is 3.30. The van der Waals surface area contributed by atoms with E-state index in [-0.39, 0.29) is 5.91 Å².